The van der Waals surface area contributed by atoms with Crippen molar-refractivity contribution in [1.29, 1.82) is 0 Å². The van der Waals surface area contributed by atoms with Gasteiger partial charge in [-0.3, -0.25) is 19.3 Å². The minimum atomic E-state index is -0.649. The van der Waals surface area contributed by atoms with Gasteiger partial charge in [-0.15, -0.1) is 0 Å². The molecular weight excluding hydrogens is 458 g/mol. The maximum atomic E-state index is 13.5. The first-order valence-electron chi connectivity index (χ1n) is 9.71. The molecular formula is C25H16BrNO4. The van der Waals surface area contributed by atoms with Crippen molar-refractivity contribution in [2.75, 3.05) is 4.90 Å². The van der Waals surface area contributed by atoms with Gasteiger partial charge in [-0.2, -0.15) is 0 Å². The highest BCUT2D eigenvalue weighted by atomic mass is 79.9. The van der Waals surface area contributed by atoms with Gasteiger partial charge in [0, 0.05) is 15.7 Å². The highest BCUT2D eigenvalue weighted by molar-refractivity contribution is 9.10. The van der Waals surface area contributed by atoms with Crippen LogP contribution in [0.5, 0.6) is 0 Å². The molecule has 0 fully saturated rings. The van der Waals surface area contributed by atoms with Crippen LogP contribution in [-0.4, -0.2) is 11.7 Å². The average molecular weight is 474 g/mol. The number of para-hydroxylation sites is 1. The summed E-state index contributed by atoms with van der Waals surface area (Å²) < 4.78 is 6.77. The van der Waals surface area contributed by atoms with E-state index >= 15 is 0 Å². The fourth-order valence-electron chi connectivity index (χ4n) is 4.03. The molecule has 6 heteroatoms. The van der Waals surface area contributed by atoms with Crippen molar-refractivity contribution in [3.8, 4) is 0 Å². The molecule has 31 heavy (non-hydrogen) atoms. The summed E-state index contributed by atoms with van der Waals surface area (Å²) >= 11 is 3.48. The van der Waals surface area contributed by atoms with E-state index in [0.29, 0.717) is 27.8 Å². The fraction of sp³-hybridized carbons (Fsp3) is 0.0800. The summed E-state index contributed by atoms with van der Waals surface area (Å²) in [6.45, 7) is 1.49. The van der Waals surface area contributed by atoms with Crippen LogP contribution in [-0.2, 0) is 0 Å². The third kappa shape index (κ3) is 3.11. The lowest BCUT2D eigenvalue weighted by Crippen LogP contribution is -2.29. The number of hydrogen-bond donors (Lipinski definition) is 0. The number of anilines is 1. The monoisotopic (exact) mass is 473 g/mol. The molecule has 0 aliphatic carbocycles. The van der Waals surface area contributed by atoms with E-state index in [1.165, 1.54) is 6.92 Å². The molecule has 5 nitrogen and oxygen atoms in total. The molecule has 0 bridgehead atoms. The lowest BCUT2D eigenvalue weighted by molar-refractivity contribution is 0.0970. The van der Waals surface area contributed by atoms with Gasteiger partial charge < -0.3 is 4.42 Å². The Kier molecular flexibility index (Phi) is 4.59. The Labute approximate surface area is 186 Å². The fourth-order valence-corrected chi connectivity index (χ4v) is 4.45. The Hall–Kier alpha value is -3.51. The predicted molar refractivity (Wildman–Crippen MR) is 122 cm³/mol. The van der Waals surface area contributed by atoms with E-state index in [2.05, 4.69) is 15.9 Å². The maximum absolute atomic E-state index is 13.5. The van der Waals surface area contributed by atoms with Crippen LogP contribution in [0, 0.1) is 0 Å². The third-order valence-corrected chi connectivity index (χ3v) is 5.99. The Bertz CT molecular complexity index is 1420. The number of hydrogen-bond acceptors (Lipinski definition) is 4. The first-order chi connectivity index (χ1) is 15.0. The Balaban J connectivity index is 1.78. The normalized spacial score (nSPS) is 15.4. The van der Waals surface area contributed by atoms with Crippen molar-refractivity contribution in [2.45, 2.75) is 13.0 Å². The zero-order valence-electron chi connectivity index (χ0n) is 16.5. The molecule has 2 heterocycles. The average Bonchev–Trinajstić information content (AvgIpc) is 3.07. The van der Waals surface area contributed by atoms with E-state index in [-0.39, 0.29) is 17.0 Å². The number of fused-ring (bicyclic) bond motifs is 2. The van der Waals surface area contributed by atoms with Gasteiger partial charge in [0.15, 0.2) is 11.2 Å². The molecule has 1 aliphatic heterocycles. The number of halogens is 1. The lowest BCUT2D eigenvalue weighted by atomic mass is 9.98. The second-order valence-corrected chi connectivity index (χ2v) is 8.32. The highest BCUT2D eigenvalue weighted by Gasteiger charge is 2.43. The van der Waals surface area contributed by atoms with E-state index in [9.17, 15) is 14.4 Å². The number of benzene rings is 3. The highest BCUT2D eigenvalue weighted by Crippen LogP contribution is 2.41. The molecule has 3 aromatic carbocycles. The maximum Gasteiger partial charge on any atom is 0.295 e. The Morgan fingerprint density at radius 2 is 1.71 bits per heavy atom. The molecule has 4 aromatic rings. The molecule has 0 N–H and O–H groups in total. The standard InChI is InChI=1S/C25H16BrNO4/c1-14(28)15-9-11-18(12-10-15)27-22(16-5-4-6-17(26)13-16)21-23(29)19-7-2-3-8-20(19)31-24(21)25(27)30/h2-13,22H,1H3. The second kappa shape index (κ2) is 7.32. The van der Waals surface area contributed by atoms with Crippen molar-refractivity contribution in [3.05, 3.63) is 110 Å². The molecule has 1 aromatic heterocycles. The van der Waals surface area contributed by atoms with Crippen molar-refractivity contribution in [2.24, 2.45) is 0 Å². The number of Topliss-reactive ketones (excluding diaryl/α,β-unsaturated/α-hetero) is 1. The summed E-state index contributed by atoms with van der Waals surface area (Å²) in [4.78, 5) is 40.2. The van der Waals surface area contributed by atoms with Gasteiger partial charge in [-0.1, -0.05) is 40.2 Å². The zero-order chi connectivity index (χ0) is 21.7. The van der Waals surface area contributed by atoms with Crippen molar-refractivity contribution >= 4 is 44.3 Å². The molecule has 1 unspecified atom stereocenters. The summed E-state index contributed by atoms with van der Waals surface area (Å²) in [6.07, 6.45) is 0. The number of ketones is 1. The lowest BCUT2D eigenvalue weighted by Gasteiger charge is -2.25. The van der Waals surface area contributed by atoms with Crippen LogP contribution in [0.25, 0.3) is 11.0 Å². The van der Waals surface area contributed by atoms with E-state index in [4.69, 9.17) is 4.42 Å². The summed E-state index contributed by atoms with van der Waals surface area (Å²) in [6, 6.07) is 20.6. The smallest absolute Gasteiger partial charge is 0.295 e. The Morgan fingerprint density at radius 1 is 0.968 bits per heavy atom. The van der Waals surface area contributed by atoms with Crippen LogP contribution in [0.1, 0.15) is 45.0 Å². The van der Waals surface area contributed by atoms with Crippen LogP contribution >= 0.6 is 15.9 Å². The van der Waals surface area contributed by atoms with Gasteiger partial charge in [0.05, 0.1) is 17.0 Å². The zero-order valence-corrected chi connectivity index (χ0v) is 18.0. The number of nitrogens with zero attached hydrogens (tertiary/aromatic N) is 1. The Morgan fingerprint density at radius 3 is 2.42 bits per heavy atom. The topological polar surface area (TPSA) is 67.6 Å². The van der Waals surface area contributed by atoms with Gasteiger partial charge in [-0.25, -0.2) is 0 Å². The minimum absolute atomic E-state index is 0.0457. The molecule has 1 atom stereocenters. The van der Waals surface area contributed by atoms with Gasteiger partial charge >= 0.3 is 0 Å². The summed E-state index contributed by atoms with van der Waals surface area (Å²) in [5, 5.41) is 0.433. The van der Waals surface area contributed by atoms with Crippen LogP contribution in [0.2, 0.25) is 0 Å². The molecule has 1 amide bonds. The van der Waals surface area contributed by atoms with Crippen LogP contribution in [0.4, 0.5) is 5.69 Å². The number of carbonyl (C=O) groups excluding carboxylic acids is 2. The SMILES string of the molecule is CC(=O)c1ccc(N2C(=O)c3oc4ccccc4c(=O)c3C2c2cccc(Br)c2)cc1. The molecule has 0 saturated carbocycles. The molecule has 152 valence electrons. The van der Waals surface area contributed by atoms with Gasteiger partial charge in [-0.05, 0) is 61.0 Å². The van der Waals surface area contributed by atoms with Gasteiger partial charge in [0.25, 0.3) is 5.91 Å². The molecule has 0 spiro atoms. The first-order valence-corrected chi connectivity index (χ1v) is 10.5. The quantitative estimate of drug-likeness (QED) is 0.368. The van der Waals surface area contributed by atoms with Gasteiger partial charge in [0.2, 0.25) is 5.76 Å². The third-order valence-electron chi connectivity index (χ3n) is 5.49. The van der Waals surface area contributed by atoms with Crippen LogP contribution in [0.15, 0.2) is 86.5 Å². The minimum Gasteiger partial charge on any atom is -0.450 e. The number of rotatable bonds is 3. The second-order valence-electron chi connectivity index (χ2n) is 7.41. The predicted octanol–water partition coefficient (Wildman–Crippen LogP) is 5.51. The van der Waals surface area contributed by atoms with Gasteiger partial charge in [0.1, 0.15) is 5.58 Å². The molecule has 1 aliphatic rings. The molecule has 0 radical (unpaired) electrons. The van der Waals surface area contributed by atoms with Crippen LogP contribution in [0.3, 0.4) is 0 Å². The largest absolute Gasteiger partial charge is 0.450 e. The van der Waals surface area contributed by atoms with E-state index in [0.717, 1.165) is 10.0 Å². The van der Waals surface area contributed by atoms with Crippen molar-refractivity contribution in [3.63, 3.8) is 0 Å². The van der Waals surface area contributed by atoms with Crippen molar-refractivity contribution < 1.29 is 14.0 Å². The number of amides is 1. The summed E-state index contributed by atoms with van der Waals surface area (Å²) in [5.74, 6) is -0.406. The summed E-state index contributed by atoms with van der Waals surface area (Å²) in [7, 11) is 0. The first kappa shape index (κ1) is 19.5. The molecule has 5 rings (SSSR count). The molecule has 0 saturated heterocycles. The van der Waals surface area contributed by atoms with Crippen LogP contribution < -0.4 is 10.3 Å². The number of carbonyl (C=O) groups is 2. The summed E-state index contributed by atoms with van der Waals surface area (Å²) in [5.41, 5.74) is 2.37. The van der Waals surface area contributed by atoms with E-state index in [1.807, 2.05) is 24.3 Å². The van der Waals surface area contributed by atoms with Crippen molar-refractivity contribution in [1.82, 2.24) is 0 Å². The van der Waals surface area contributed by atoms with E-state index in [1.54, 1.807) is 53.4 Å². The van der Waals surface area contributed by atoms with E-state index < -0.39 is 11.9 Å².